The van der Waals surface area contributed by atoms with E-state index in [4.69, 9.17) is 16.9 Å². The van der Waals surface area contributed by atoms with Gasteiger partial charge < -0.3 is 20.2 Å². The molecule has 4 saturated carbocycles. The number of aliphatic hydroxyl groups is 1. The van der Waals surface area contributed by atoms with E-state index in [1.807, 2.05) is 6.07 Å². The number of rotatable bonds is 4. The summed E-state index contributed by atoms with van der Waals surface area (Å²) in [5.74, 6) is 1.71. The SMILES string of the molecule is C[C@@H]1CN(c2ccc(C#N)cc2Cl)CCN1c1nccc(C(=O)NC2C3CC4CC2CC(O)(C4)C3)n1. The third-order valence-electron chi connectivity index (χ3n) is 8.72. The van der Waals surface area contributed by atoms with Gasteiger partial charge in [-0.2, -0.15) is 5.26 Å². The molecule has 7 rings (SSSR count). The van der Waals surface area contributed by atoms with Crippen LogP contribution in [0.2, 0.25) is 5.02 Å². The van der Waals surface area contributed by atoms with Crippen LogP contribution in [0.5, 0.6) is 0 Å². The molecule has 4 bridgehead atoms. The monoisotopic (exact) mass is 506 g/mol. The van der Waals surface area contributed by atoms with E-state index < -0.39 is 5.60 Å². The van der Waals surface area contributed by atoms with Crippen molar-refractivity contribution in [1.29, 1.82) is 5.26 Å². The van der Waals surface area contributed by atoms with Gasteiger partial charge in [0.1, 0.15) is 5.69 Å². The summed E-state index contributed by atoms with van der Waals surface area (Å²) in [6, 6.07) is 9.40. The highest BCUT2D eigenvalue weighted by molar-refractivity contribution is 6.33. The molecule has 8 nitrogen and oxygen atoms in total. The predicted molar refractivity (Wildman–Crippen MR) is 137 cm³/mol. The van der Waals surface area contributed by atoms with Gasteiger partial charge in [-0.05, 0) is 81.0 Å². The highest BCUT2D eigenvalue weighted by Crippen LogP contribution is 2.55. The molecular formula is C27H31ClN6O2. The van der Waals surface area contributed by atoms with Gasteiger partial charge in [-0.3, -0.25) is 4.79 Å². The molecule has 2 heterocycles. The number of benzene rings is 1. The van der Waals surface area contributed by atoms with Crippen LogP contribution in [0.1, 0.15) is 55.1 Å². The number of nitrogens with zero attached hydrogens (tertiary/aromatic N) is 5. The molecule has 2 N–H and O–H groups in total. The lowest BCUT2D eigenvalue weighted by Gasteiger charge is -2.58. The number of hydrogen-bond donors (Lipinski definition) is 2. The van der Waals surface area contributed by atoms with E-state index in [0.29, 0.717) is 46.5 Å². The van der Waals surface area contributed by atoms with Gasteiger partial charge in [-0.15, -0.1) is 0 Å². The second kappa shape index (κ2) is 8.89. The molecule has 3 atom stereocenters. The number of piperazine rings is 1. The first kappa shape index (κ1) is 23.5. The van der Waals surface area contributed by atoms with Gasteiger partial charge >= 0.3 is 0 Å². The van der Waals surface area contributed by atoms with E-state index >= 15 is 0 Å². The first-order valence-corrected chi connectivity index (χ1v) is 13.3. The van der Waals surface area contributed by atoms with Crippen molar-refractivity contribution in [3.05, 3.63) is 46.7 Å². The van der Waals surface area contributed by atoms with Crippen LogP contribution in [0.25, 0.3) is 0 Å². The third-order valence-corrected chi connectivity index (χ3v) is 9.02. The summed E-state index contributed by atoms with van der Waals surface area (Å²) >= 11 is 6.44. The Hall–Kier alpha value is -2.89. The number of nitrogens with one attached hydrogen (secondary N) is 1. The van der Waals surface area contributed by atoms with Gasteiger partial charge in [0.25, 0.3) is 5.91 Å². The highest BCUT2D eigenvalue weighted by Gasteiger charge is 2.55. The number of anilines is 2. The number of carbonyl (C=O) groups is 1. The van der Waals surface area contributed by atoms with Crippen LogP contribution in [-0.4, -0.2) is 58.3 Å². The van der Waals surface area contributed by atoms with Crippen molar-refractivity contribution >= 4 is 29.1 Å². The number of aromatic nitrogens is 2. The molecule has 36 heavy (non-hydrogen) atoms. The molecule has 1 aromatic carbocycles. The standard InChI is InChI=1S/C27H31ClN6O2/c1-16-15-33(23-3-2-17(14-29)10-21(23)28)6-7-34(16)26-30-5-4-22(31-26)25(35)32-24-19-8-18-9-20(24)13-27(36,11-18)12-19/h2-5,10,16,18-20,24,36H,6-9,11-13,15H2,1H3,(H,32,35)/t16-,18?,19?,20?,24?,27?/m1/s1. The van der Waals surface area contributed by atoms with Gasteiger partial charge in [-0.25, -0.2) is 9.97 Å². The lowest BCUT2D eigenvalue weighted by molar-refractivity contribution is -0.136. The molecule has 4 aliphatic carbocycles. The molecule has 0 radical (unpaired) electrons. The summed E-state index contributed by atoms with van der Waals surface area (Å²) in [5.41, 5.74) is 1.33. The number of hydrogen-bond acceptors (Lipinski definition) is 7. The zero-order valence-corrected chi connectivity index (χ0v) is 21.2. The van der Waals surface area contributed by atoms with Gasteiger partial charge in [-0.1, -0.05) is 11.6 Å². The predicted octanol–water partition coefficient (Wildman–Crippen LogP) is 3.39. The maximum Gasteiger partial charge on any atom is 0.270 e. The average molecular weight is 507 g/mol. The van der Waals surface area contributed by atoms with Crippen LogP contribution in [0.15, 0.2) is 30.5 Å². The molecule has 2 aromatic rings. The van der Waals surface area contributed by atoms with E-state index in [9.17, 15) is 9.90 Å². The average Bonchev–Trinajstić information content (AvgIpc) is 2.85. The van der Waals surface area contributed by atoms with Gasteiger partial charge in [0.15, 0.2) is 0 Å². The zero-order valence-electron chi connectivity index (χ0n) is 20.4. The maximum atomic E-state index is 13.2. The van der Waals surface area contributed by atoms with E-state index in [2.05, 4.69) is 38.1 Å². The smallest absolute Gasteiger partial charge is 0.270 e. The minimum atomic E-state index is -0.514. The van der Waals surface area contributed by atoms with E-state index in [1.165, 1.54) is 0 Å². The number of carbonyl (C=O) groups excluding carboxylic acids is 1. The summed E-state index contributed by atoms with van der Waals surface area (Å²) in [4.78, 5) is 26.7. The Morgan fingerprint density at radius 2 is 2.00 bits per heavy atom. The van der Waals surface area contributed by atoms with Crippen LogP contribution in [-0.2, 0) is 0 Å². The summed E-state index contributed by atoms with van der Waals surface area (Å²) in [7, 11) is 0. The number of nitriles is 1. The largest absolute Gasteiger partial charge is 0.390 e. The minimum absolute atomic E-state index is 0.106. The summed E-state index contributed by atoms with van der Waals surface area (Å²) < 4.78 is 0. The van der Waals surface area contributed by atoms with Crippen molar-refractivity contribution in [2.45, 2.75) is 56.7 Å². The van der Waals surface area contributed by atoms with Gasteiger partial charge in [0.2, 0.25) is 5.95 Å². The summed E-state index contributed by atoms with van der Waals surface area (Å²) in [5, 5.41) is 23.8. The van der Waals surface area contributed by atoms with Crippen molar-refractivity contribution < 1.29 is 9.90 Å². The normalized spacial score (nSPS) is 32.9. The van der Waals surface area contributed by atoms with E-state index in [-0.39, 0.29) is 18.0 Å². The van der Waals surface area contributed by atoms with Crippen LogP contribution in [0.3, 0.4) is 0 Å². The molecule has 1 amide bonds. The fraction of sp³-hybridized carbons (Fsp3) is 0.556. The Kier molecular flexibility index (Phi) is 5.81. The van der Waals surface area contributed by atoms with Crippen molar-refractivity contribution in [2.24, 2.45) is 17.8 Å². The molecule has 5 aliphatic rings. The van der Waals surface area contributed by atoms with Gasteiger partial charge in [0.05, 0.1) is 27.9 Å². The fourth-order valence-electron chi connectivity index (χ4n) is 7.36. The van der Waals surface area contributed by atoms with Crippen LogP contribution in [0.4, 0.5) is 11.6 Å². The molecule has 2 unspecified atom stereocenters. The molecular weight excluding hydrogens is 476 g/mol. The Balaban J connectivity index is 1.13. The Morgan fingerprint density at radius 1 is 1.22 bits per heavy atom. The second-order valence-electron chi connectivity index (χ2n) is 11.2. The highest BCUT2D eigenvalue weighted by atomic mass is 35.5. The lowest BCUT2D eigenvalue weighted by atomic mass is 9.52. The molecule has 5 fully saturated rings. The second-order valence-corrected chi connectivity index (χ2v) is 11.6. The summed E-state index contributed by atoms with van der Waals surface area (Å²) in [6.07, 6.45) is 6.38. The number of amides is 1. The quantitative estimate of drug-likeness (QED) is 0.654. The fourth-order valence-corrected chi connectivity index (χ4v) is 7.66. The van der Waals surface area contributed by atoms with Crippen LogP contribution < -0.4 is 15.1 Å². The minimum Gasteiger partial charge on any atom is -0.390 e. The van der Waals surface area contributed by atoms with Crippen molar-refractivity contribution in [2.75, 3.05) is 29.4 Å². The van der Waals surface area contributed by atoms with Crippen molar-refractivity contribution in [3.8, 4) is 6.07 Å². The Morgan fingerprint density at radius 3 is 2.67 bits per heavy atom. The van der Waals surface area contributed by atoms with Crippen LogP contribution >= 0.6 is 11.6 Å². The van der Waals surface area contributed by atoms with Crippen molar-refractivity contribution in [1.82, 2.24) is 15.3 Å². The molecule has 1 saturated heterocycles. The molecule has 9 heteroatoms. The molecule has 0 spiro atoms. The zero-order chi connectivity index (χ0) is 25.0. The summed E-state index contributed by atoms with van der Waals surface area (Å²) in [6.45, 7) is 4.25. The maximum absolute atomic E-state index is 13.2. The first-order chi connectivity index (χ1) is 17.3. The van der Waals surface area contributed by atoms with Gasteiger partial charge in [0, 0.05) is 37.9 Å². The molecule has 188 valence electrons. The first-order valence-electron chi connectivity index (χ1n) is 12.9. The number of halogens is 1. The molecule has 1 aliphatic heterocycles. The molecule has 1 aromatic heterocycles. The van der Waals surface area contributed by atoms with E-state index in [1.54, 1.807) is 24.4 Å². The lowest BCUT2D eigenvalue weighted by Crippen LogP contribution is -2.61. The Bertz CT molecular complexity index is 1210. The Labute approximate surface area is 216 Å². The van der Waals surface area contributed by atoms with Crippen LogP contribution in [0, 0.1) is 29.1 Å². The van der Waals surface area contributed by atoms with E-state index in [0.717, 1.165) is 50.9 Å². The topological polar surface area (TPSA) is 105 Å². The third kappa shape index (κ3) is 4.18. The van der Waals surface area contributed by atoms with Crippen molar-refractivity contribution in [3.63, 3.8) is 0 Å².